The number of carbonyl (C=O) groups excluding carboxylic acids is 3. The fourth-order valence-corrected chi connectivity index (χ4v) is 3.65. The number of hydrogen-bond donors (Lipinski definition) is 2. The van der Waals surface area contributed by atoms with Crippen LogP contribution in [0.1, 0.15) is 40.9 Å². The molecule has 1 aliphatic rings. The Balaban J connectivity index is 1.52. The quantitative estimate of drug-likeness (QED) is 0.551. The first-order chi connectivity index (χ1) is 13.6. The molecule has 7 heteroatoms. The number of carbonyl (C=O) groups is 3. The molecule has 1 saturated carbocycles. The van der Waals surface area contributed by atoms with Crippen LogP contribution >= 0.6 is 11.3 Å². The van der Waals surface area contributed by atoms with Crippen molar-refractivity contribution in [3.8, 4) is 0 Å². The number of benzene rings is 1. The Labute approximate surface area is 167 Å². The molecule has 1 heterocycles. The van der Waals surface area contributed by atoms with Gasteiger partial charge in [0.15, 0.2) is 6.61 Å². The maximum absolute atomic E-state index is 12.5. The molecule has 0 saturated heterocycles. The van der Waals surface area contributed by atoms with Gasteiger partial charge >= 0.3 is 5.97 Å². The number of thiophene rings is 1. The molecule has 1 aromatic heterocycles. The van der Waals surface area contributed by atoms with Crippen LogP contribution in [0.25, 0.3) is 6.08 Å². The van der Waals surface area contributed by atoms with E-state index in [9.17, 15) is 14.4 Å². The summed E-state index contributed by atoms with van der Waals surface area (Å²) < 4.78 is 4.95. The van der Waals surface area contributed by atoms with Gasteiger partial charge in [0, 0.05) is 17.0 Å². The lowest BCUT2D eigenvalue weighted by Crippen LogP contribution is -2.33. The molecule has 0 atom stereocenters. The molecular formula is C21H22N2O4S. The van der Waals surface area contributed by atoms with Crippen LogP contribution in [-0.2, 0) is 14.3 Å². The number of anilines is 1. The van der Waals surface area contributed by atoms with Gasteiger partial charge in [0.2, 0.25) is 0 Å². The molecule has 1 fully saturated rings. The maximum Gasteiger partial charge on any atom is 0.331 e. The fourth-order valence-electron chi connectivity index (χ4n) is 3.03. The Morgan fingerprint density at radius 1 is 1.11 bits per heavy atom. The van der Waals surface area contributed by atoms with Crippen LogP contribution in [0.3, 0.4) is 0 Å². The molecule has 1 aromatic carbocycles. The van der Waals surface area contributed by atoms with Crippen LogP contribution < -0.4 is 10.6 Å². The van der Waals surface area contributed by atoms with Gasteiger partial charge in [0.1, 0.15) is 0 Å². The Kier molecular flexibility index (Phi) is 6.97. The minimum Gasteiger partial charge on any atom is -0.452 e. The highest BCUT2D eigenvalue weighted by Gasteiger charge is 2.20. The van der Waals surface area contributed by atoms with E-state index in [0.717, 1.165) is 30.6 Å². The van der Waals surface area contributed by atoms with Crippen LogP contribution in [0.2, 0.25) is 0 Å². The summed E-state index contributed by atoms with van der Waals surface area (Å²) in [5.74, 6) is -1.31. The second kappa shape index (κ2) is 9.85. The first-order valence-corrected chi connectivity index (χ1v) is 10.1. The van der Waals surface area contributed by atoms with Crippen molar-refractivity contribution >= 4 is 40.9 Å². The summed E-state index contributed by atoms with van der Waals surface area (Å²) in [6.07, 6.45) is 7.12. The molecular weight excluding hydrogens is 376 g/mol. The second-order valence-corrected chi connectivity index (χ2v) is 7.48. The van der Waals surface area contributed by atoms with E-state index in [1.807, 2.05) is 17.5 Å². The summed E-state index contributed by atoms with van der Waals surface area (Å²) >= 11 is 1.49. The second-order valence-electron chi connectivity index (χ2n) is 6.51. The van der Waals surface area contributed by atoms with Crippen molar-refractivity contribution in [3.63, 3.8) is 0 Å². The standard InChI is InChI=1S/C21H22N2O4S/c24-19(14-27-20(25)12-11-16-8-5-13-28-16)23-18-10-4-3-9-17(18)21(26)22-15-6-1-2-7-15/h3-5,8-13,15H,1-2,6-7,14H2,(H,22,26)(H,23,24)/b12-11+. The number of amides is 2. The highest BCUT2D eigenvalue weighted by atomic mass is 32.1. The van der Waals surface area contributed by atoms with E-state index in [1.165, 1.54) is 17.4 Å². The van der Waals surface area contributed by atoms with Crippen LogP contribution in [0.4, 0.5) is 5.69 Å². The van der Waals surface area contributed by atoms with E-state index in [4.69, 9.17) is 4.74 Å². The molecule has 0 bridgehead atoms. The SMILES string of the molecule is O=C(COC(=O)/C=C/c1cccs1)Nc1ccccc1C(=O)NC1CCCC1. The van der Waals surface area contributed by atoms with Crippen molar-refractivity contribution in [1.29, 1.82) is 0 Å². The minimum absolute atomic E-state index is 0.187. The lowest BCUT2D eigenvalue weighted by atomic mass is 10.1. The van der Waals surface area contributed by atoms with Crippen LogP contribution in [-0.4, -0.2) is 30.4 Å². The number of hydrogen-bond acceptors (Lipinski definition) is 5. The number of ether oxygens (including phenoxy) is 1. The molecule has 0 unspecified atom stereocenters. The predicted octanol–water partition coefficient (Wildman–Crippen LogP) is 3.62. The molecule has 2 aromatic rings. The summed E-state index contributed by atoms with van der Waals surface area (Å²) in [4.78, 5) is 37.3. The van der Waals surface area contributed by atoms with Gasteiger partial charge in [0.05, 0.1) is 11.3 Å². The van der Waals surface area contributed by atoms with E-state index in [-0.39, 0.29) is 11.9 Å². The van der Waals surface area contributed by atoms with E-state index in [2.05, 4.69) is 10.6 Å². The average Bonchev–Trinajstić information content (AvgIpc) is 3.39. The van der Waals surface area contributed by atoms with E-state index in [1.54, 1.807) is 30.3 Å². The van der Waals surface area contributed by atoms with Crippen LogP contribution in [0, 0.1) is 0 Å². The third kappa shape index (κ3) is 5.79. The molecule has 28 heavy (non-hydrogen) atoms. The smallest absolute Gasteiger partial charge is 0.331 e. The summed E-state index contributed by atoms with van der Waals surface area (Å²) in [6.45, 7) is -0.424. The lowest BCUT2D eigenvalue weighted by Gasteiger charge is -2.15. The van der Waals surface area contributed by atoms with E-state index < -0.39 is 18.5 Å². The number of para-hydroxylation sites is 1. The third-order valence-electron chi connectivity index (χ3n) is 4.41. The zero-order valence-electron chi connectivity index (χ0n) is 15.4. The van der Waals surface area contributed by atoms with E-state index >= 15 is 0 Å². The van der Waals surface area contributed by atoms with Gasteiger partial charge in [-0.1, -0.05) is 31.0 Å². The van der Waals surface area contributed by atoms with Crippen molar-refractivity contribution < 1.29 is 19.1 Å². The predicted molar refractivity (Wildman–Crippen MR) is 109 cm³/mol. The van der Waals surface area contributed by atoms with E-state index in [0.29, 0.717) is 11.3 Å². The van der Waals surface area contributed by atoms with Crippen molar-refractivity contribution in [2.24, 2.45) is 0 Å². The zero-order chi connectivity index (χ0) is 19.8. The van der Waals surface area contributed by atoms with Gasteiger partial charge in [0.25, 0.3) is 11.8 Å². The molecule has 0 radical (unpaired) electrons. The Morgan fingerprint density at radius 2 is 1.89 bits per heavy atom. The topological polar surface area (TPSA) is 84.5 Å². The first-order valence-electron chi connectivity index (χ1n) is 9.20. The normalized spacial score (nSPS) is 14.1. The molecule has 0 spiro atoms. The van der Waals surface area contributed by atoms with Gasteiger partial charge in [-0.3, -0.25) is 9.59 Å². The number of rotatable bonds is 7. The van der Waals surface area contributed by atoms with Crippen molar-refractivity contribution in [3.05, 3.63) is 58.3 Å². The lowest BCUT2D eigenvalue weighted by molar-refractivity contribution is -0.142. The summed E-state index contributed by atoms with van der Waals surface area (Å²) in [6, 6.07) is 10.7. The average molecular weight is 398 g/mol. The molecule has 3 rings (SSSR count). The van der Waals surface area contributed by atoms with Crippen LogP contribution in [0.15, 0.2) is 47.9 Å². The van der Waals surface area contributed by atoms with Crippen molar-refractivity contribution in [2.75, 3.05) is 11.9 Å². The van der Waals surface area contributed by atoms with Crippen LogP contribution in [0.5, 0.6) is 0 Å². The molecule has 0 aliphatic heterocycles. The number of esters is 1. The molecule has 2 amide bonds. The monoisotopic (exact) mass is 398 g/mol. The zero-order valence-corrected chi connectivity index (χ0v) is 16.2. The van der Waals surface area contributed by atoms with Gasteiger partial charge in [-0.15, -0.1) is 11.3 Å². The molecule has 6 nitrogen and oxygen atoms in total. The Morgan fingerprint density at radius 3 is 2.64 bits per heavy atom. The summed E-state index contributed by atoms with van der Waals surface area (Å²) in [5.41, 5.74) is 0.792. The molecule has 146 valence electrons. The Hall–Kier alpha value is -2.93. The maximum atomic E-state index is 12.5. The van der Waals surface area contributed by atoms with Gasteiger partial charge < -0.3 is 15.4 Å². The van der Waals surface area contributed by atoms with Crippen molar-refractivity contribution in [2.45, 2.75) is 31.7 Å². The molecule has 2 N–H and O–H groups in total. The Bertz CT molecular complexity index is 855. The third-order valence-corrected chi connectivity index (χ3v) is 5.25. The molecule has 1 aliphatic carbocycles. The fraction of sp³-hybridized carbons (Fsp3) is 0.286. The van der Waals surface area contributed by atoms with Gasteiger partial charge in [-0.2, -0.15) is 0 Å². The van der Waals surface area contributed by atoms with Crippen molar-refractivity contribution in [1.82, 2.24) is 5.32 Å². The largest absolute Gasteiger partial charge is 0.452 e. The van der Waals surface area contributed by atoms with Gasteiger partial charge in [-0.25, -0.2) is 4.79 Å². The summed E-state index contributed by atoms with van der Waals surface area (Å²) in [5, 5.41) is 7.55. The summed E-state index contributed by atoms with van der Waals surface area (Å²) in [7, 11) is 0. The number of nitrogens with one attached hydrogen (secondary N) is 2. The first kappa shape index (κ1) is 19.8. The minimum atomic E-state index is -0.601. The highest BCUT2D eigenvalue weighted by molar-refractivity contribution is 7.10. The van der Waals surface area contributed by atoms with Gasteiger partial charge in [-0.05, 0) is 42.5 Å². The highest BCUT2D eigenvalue weighted by Crippen LogP contribution is 2.20.